The van der Waals surface area contributed by atoms with Gasteiger partial charge in [0.1, 0.15) is 0 Å². The second kappa shape index (κ2) is 5.13. The van der Waals surface area contributed by atoms with Gasteiger partial charge in [-0.2, -0.15) is 0 Å². The molecule has 4 fully saturated rings. The lowest BCUT2D eigenvalue weighted by atomic mass is 9.48. The van der Waals surface area contributed by atoms with Crippen molar-refractivity contribution in [3.63, 3.8) is 0 Å². The molecular formula is C19H20N2O4. The SMILES string of the molecule is O=C1OC(c2ccc([N+](=O)[O-])cc2)=N[C@@H]1C12CC3CC(CC(C3)C1)C2. The highest BCUT2D eigenvalue weighted by atomic mass is 16.6. The molecule has 25 heavy (non-hydrogen) atoms. The van der Waals surface area contributed by atoms with Crippen molar-refractivity contribution in [3.05, 3.63) is 39.9 Å². The lowest BCUT2D eigenvalue weighted by Crippen LogP contribution is -2.52. The van der Waals surface area contributed by atoms with Crippen molar-refractivity contribution in [2.24, 2.45) is 28.2 Å². The van der Waals surface area contributed by atoms with Crippen LogP contribution in [0.25, 0.3) is 0 Å². The number of carbonyl (C=O) groups excluding carboxylic acids is 1. The first kappa shape index (κ1) is 15.0. The molecule has 1 aliphatic heterocycles. The van der Waals surface area contributed by atoms with Gasteiger partial charge in [-0.1, -0.05) is 0 Å². The standard InChI is InChI=1S/C19H20N2O4/c22-18-16(19-8-11-5-12(9-19)7-13(6-11)10-19)20-17(25-18)14-1-3-15(4-2-14)21(23)24/h1-4,11-13,16H,5-10H2/t11?,12?,13?,16-,19?/m0/s1. The monoisotopic (exact) mass is 340 g/mol. The molecule has 0 saturated heterocycles. The van der Waals surface area contributed by atoms with Crippen molar-refractivity contribution in [1.82, 2.24) is 0 Å². The topological polar surface area (TPSA) is 81.8 Å². The molecule has 4 bridgehead atoms. The fraction of sp³-hybridized carbons (Fsp3) is 0.579. The van der Waals surface area contributed by atoms with Crippen LogP contribution >= 0.6 is 0 Å². The Morgan fingerprint density at radius 3 is 2.12 bits per heavy atom. The van der Waals surface area contributed by atoms with E-state index in [1.54, 1.807) is 12.1 Å². The molecule has 1 aromatic carbocycles. The van der Waals surface area contributed by atoms with Gasteiger partial charge in [-0.05, 0) is 68.4 Å². The molecule has 130 valence electrons. The van der Waals surface area contributed by atoms with E-state index in [-0.39, 0.29) is 17.1 Å². The molecule has 0 amide bonds. The first-order valence-corrected chi connectivity index (χ1v) is 9.07. The maximum Gasteiger partial charge on any atom is 0.338 e. The van der Waals surface area contributed by atoms with Crippen LogP contribution in [-0.2, 0) is 9.53 Å². The molecule has 1 aromatic rings. The lowest BCUT2D eigenvalue weighted by Gasteiger charge is -2.57. The summed E-state index contributed by atoms with van der Waals surface area (Å²) < 4.78 is 5.49. The third kappa shape index (κ3) is 2.30. The van der Waals surface area contributed by atoms with Gasteiger partial charge in [0, 0.05) is 23.1 Å². The molecule has 6 heteroatoms. The molecular weight excluding hydrogens is 320 g/mol. The van der Waals surface area contributed by atoms with E-state index >= 15 is 0 Å². The Morgan fingerprint density at radius 1 is 1.04 bits per heavy atom. The van der Waals surface area contributed by atoms with Gasteiger partial charge in [0.25, 0.3) is 5.69 Å². The van der Waals surface area contributed by atoms with Crippen molar-refractivity contribution in [1.29, 1.82) is 0 Å². The smallest absolute Gasteiger partial charge is 0.338 e. The van der Waals surface area contributed by atoms with Crippen LogP contribution < -0.4 is 0 Å². The van der Waals surface area contributed by atoms with Gasteiger partial charge in [-0.3, -0.25) is 10.1 Å². The summed E-state index contributed by atoms with van der Waals surface area (Å²) in [5.74, 6) is 2.32. The normalized spacial score (nSPS) is 38.6. The number of benzene rings is 1. The highest BCUT2D eigenvalue weighted by Gasteiger charge is 2.58. The predicted octanol–water partition coefficient (Wildman–Crippen LogP) is 3.48. The summed E-state index contributed by atoms with van der Waals surface area (Å²) in [5.41, 5.74) is 0.631. The molecule has 5 aliphatic rings. The van der Waals surface area contributed by atoms with E-state index in [1.807, 2.05) is 0 Å². The average Bonchev–Trinajstić information content (AvgIpc) is 2.96. The zero-order valence-corrected chi connectivity index (χ0v) is 13.9. The molecule has 0 N–H and O–H groups in total. The number of nitro groups is 1. The van der Waals surface area contributed by atoms with Crippen LogP contribution in [0, 0.1) is 33.3 Å². The Hall–Kier alpha value is -2.24. The summed E-state index contributed by atoms with van der Waals surface area (Å²) in [6.45, 7) is 0. The van der Waals surface area contributed by atoms with Crippen molar-refractivity contribution >= 4 is 17.6 Å². The van der Waals surface area contributed by atoms with Gasteiger partial charge >= 0.3 is 5.97 Å². The van der Waals surface area contributed by atoms with E-state index < -0.39 is 11.0 Å². The largest absolute Gasteiger partial charge is 0.406 e. The zero-order valence-electron chi connectivity index (χ0n) is 13.9. The van der Waals surface area contributed by atoms with E-state index in [0.29, 0.717) is 11.5 Å². The number of nitrogens with zero attached hydrogens (tertiary/aromatic N) is 2. The van der Waals surface area contributed by atoms with E-state index in [2.05, 4.69) is 4.99 Å². The highest BCUT2D eigenvalue weighted by molar-refractivity contribution is 6.06. The molecule has 0 unspecified atom stereocenters. The molecule has 0 spiro atoms. The van der Waals surface area contributed by atoms with Gasteiger partial charge in [-0.15, -0.1) is 0 Å². The molecule has 6 nitrogen and oxygen atoms in total. The maximum atomic E-state index is 12.6. The van der Waals surface area contributed by atoms with Crippen molar-refractivity contribution in [2.75, 3.05) is 0 Å². The van der Waals surface area contributed by atoms with Crippen LogP contribution in [0.5, 0.6) is 0 Å². The van der Waals surface area contributed by atoms with Crippen LogP contribution in [0.15, 0.2) is 29.3 Å². The molecule has 6 rings (SSSR count). The minimum atomic E-state index is -0.440. The Morgan fingerprint density at radius 2 is 1.60 bits per heavy atom. The Kier molecular flexibility index (Phi) is 3.09. The number of carbonyl (C=O) groups is 1. The van der Waals surface area contributed by atoms with Crippen LogP contribution in [0.4, 0.5) is 5.69 Å². The van der Waals surface area contributed by atoms with Gasteiger partial charge in [0.15, 0.2) is 6.04 Å². The molecule has 0 aromatic heterocycles. The number of esters is 1. The van der Waals surface area contributed by atoms with Gasteiger partial charge in [-0.25, -0.2) is 9.79 Å². The fourth-order valence-electron chi connectivity index (χ4n) is 6.11. The van der Waals surface area contributed by atoms with E-state index in [4.69, 9.17) is 4.74 Å². The van der Waals surface area contributed by atoms with E-state index in [1.165, 1.54) is 31.4 Å². The van der Waals surface area contributed by atoms with Crippen molar-refractivity contribution in [2.45, 2.75) is 44.6 Å². The minimum Gasteiger partial charge on any atom is -0.406 e. The van der Waals surface area contributed by atoms with Crippen LogP contribution in [0.2, 0.25) is 0 Å². The molecule has 4 saturated carbocycles. The van der Waals surface area contributed by atoms with Crippen LogP contribution in [0.1, 0.15) is 44.1 Å². The molecule has 4 aliphatic carbocycles. The highest BCUT2D eigenvalue weighted by Crippen LogP contribution is 2.62. The summed E-state index contributed by atoms with van der Waals surface area (Å²) in [6, 6.07) is 5.65. The molecule has 0 radical (unpaired) electrons. The number of hydrogen-bond donors (Lipinski definition) is 0. The first-order valence-electron chi connectivity index (χ1n) is 9.07. The number of hydrogen-bond acceptors (Lipinski definition) is 5. The summed E-state index contributed by atoms with van der Waals surface area (Å²) in [7, 11) is 0. The first-order chi connectivity index (χ1) is 12.0. The quantitative estimate of drug-likeness (QED) is 0.479. The number of nitro benzene ring substituents is 1. The predicted molar refractivity (Wildman–Crippen MR) is 90.1 cm³/mol. The average molecular weight is 340 g/mol. The lowest BCUT2D eigenvalue weighted by molar-refractivity contribution is -0.384. The van der Waals surface area contributed by atoms with E-state index in [9.17, 15) is 14.9 Å². The number of ether oxygens (including phenoxy) is 1. The second-order valence-electron chi connectivity index (χ2n) is 8.34. The second-order valence-corrected chi connectivity index (χ2v) is 8.34. The van der Waals surface area contributed by atoms with Gasteiger partial charge < -0.3 is 4.74 Å². The number of cyclic esters (lactones) is 1. The number of aliphatic imine (C=N–C) groups is 1. The Labute approximate surface area is 145 Å². The van der Waals surface area contributed by atoms with E-state index in [0.717, 1.165) is 37.0 Å². The summed E-state index contributed by atoms with van der Waals surface area (Å²) in [6.07, 6.45) is 7.24. The Bertz CT molecular complexity index is 748. The summed E-state index contributed by atoms with van der Waals surface area (Å²) in [5, 5.41) is 10.8. The maximum absolute atomic E-state index is 12.6. The minimum absolute atomic E-state index is 0.0195. The van der Waals surface area contributed by atoms with Crippen molar-refractivity contribution < 1.29 is 14.5 Å². The third-order valence-corrected chi connectivity index (χ3v) is 6.66. The van der Waals surface area contributed by atoms with Gasteiger partial charge in [0.2, 0.25) is 5.90 Å². The summed E-state index contributed by atoms with van der Waals surface area (Å²) >= 11 is 0. The molecule has 1 heterocycles. The van der Waals surface area contributed by atoms with Crippen molar-refractivity contribution in [3.8, 4) is 0 Å². The fourth-order valence-corrected chi connectivity index (χ4v) is 6.11. The Balaban J connectivity index is 1.45. The van der Waals surface area contributed by atoms with Crippen LogP contribution in [0.3, 0.4) is 0 Å². The molecule has 1 atom stereocenters. The van der Waals surface area contributed by atoms with Gasteiger partial charge in [0.05, 0.1) is 4.92 Å². The van der Waals surface area contributed by atoms with Crippen LogP contribution in [-0.4, -0.2) is 22.8 Å². The third-order valence-electron chi connectivity index (χ3n) is 6.66. The number of non-ortho nitro benzene ring substituents is 1. The number of rotatable bonds is 3. The summed E-state index contributed by atoms with van der Waals surface area (Å²) in [4.78, 5) is 27.6. The zero-order chi connectivity index (χ0) is 17.2.